The molecule has 16 heavy (non-hydrogen) atoms. The summed E-state index contributed by atoms with van der Waals surface area (Å²) in [6.07, 6.45) is 0. The van der Waals surface area contributed by atoms with Crippen LogP contribution in [0.25, 0.3) is 0 Å². The lowest BCUT2D eigenvalue weighted by Gasteiger charge is -2.02. The Morgan fingerprint density at radius 1 is 1.19 bits per heavy atom. The van der Waals surface area contributed by atoms with Gasteiger partial charge in [-0.15, -0.1) is 0 Å². The fourth-order valence-electron chi connectivity index (χ4n) is 1.30. The number of carbonyl (C=O) groups excluding carboxylic acids is 1. The average molecular weight is 216 g/mol. The first-order valence-corrected chi connectivity index (χ1v) is 4.88. The van der Waals surface area contributed by atoms with Crippen molar-refractivity contribution in [1.82, 2.24) is 0 Å². The summed E-state index contributed by atoms with van der Waals surface area (Å²) in [6.45, 7) is 1.98. The Labute approximate surface area is 93.1 Å². The Balaban J connectivity index is 2.10. The standard InChI is InChI=1S/C12H12N2O2/c1-8-2-4-9(5-3-8)14-12(15)10-6-7-11(13)16-10/h2-7H,13H2,1H3,(H,14,15). The van der Waals surface area contributed by atoms with Crippen LogP contribution < -0.4 is 11.1 Å². The van der Waals surface area contributed by atoms with Crippen molar-refractivity contribution in [1.29, 1.82) is 0 Å². The number of furan rings is 1. The zero-order valence-corrected chi connectivity index (χ0v) is 8.86. The zero-order chi connectivity index (χ0) is 11.5. The highest BCUT2D eigenvalue weighted by Gasteiger charge is 2.09. The predicted molar refractivity (Wildman–Crippen MR) is 62.3 cm³/mol. The van der Waals surface area contributed by atoms with Crippen LogP contribution in [0.1, 0.15) is 16.1 Å². The molecule has 0 aliphatic carbocycles. The van der Waals surface area contributed by atoms with Crippen molar-refractivity contribution < 1.29 is 9.21 Å². The molecule has 2 rings (SSSR count). The van der Waals surface area contributed by atoms with Crippen LogP contribution >= 0.6 is 0 Å². The lowest BCUT2D eigenvalue weighted by Crippen LogP contribution is -2.10. The number of carbonyl (C=O) groups is 1. The number of anilines is 2. The molecule has 0 aliphatic heterocycles. The third kappa shape index (κ3) is 2.23. The van der Waals surface area contributed by atoms with Crippen molar-refractivity contribution in [3.63, 3.8) is 0 Å². The molecule has 1 amide bonds. The monoisotopic (exact) mass is 216 g/mol. The van der Waals surface area contributed by atoms with E-state index in [2.05, 4.69) is 5.32 Å². The quantitative estimate of drug-likeness (QED) is 0.810. The number of rotatable bonds is 2. The molecule has 1 aromatic heterocycles. The van der Waals surface area contributed by atoms with Crippen molar-refractivity contribution in [2.45, 2.75) is 6.92 Å². The van der Waals surface area contributed by atoms with E-state index in [1.807, 2.05) is 31.2 Å². The van der Waals surface area contributed by atoms with Crippen molar-refractivity contribution in [2.75, 3.05) is 11.1 Å². The van der Waals surface area contributed by atoms with Gasteiger partial charge in [0.25, 0.3) is 5.91 Å². The van der Waals surface area contributed by atoms with Crippen LogP contribution in [0.5, 0.6) is 0 Å². The van der Waals surface area contributed by atoms with Gasteiger partial charge in [-0.25, -0.2) is 0 Å². The van der Waals surface area contributed by atoms with Gasteiger partial charge < -0.3 is 15.5 Å². The second kappa shape index (κ2) is 4.10. The number of nitrogens with two attached hydrogens (primary N) is 1. The maximum atomic E-state index is 11.7. The predicted octanol–water partition coefficient (Wildman–Crippen LogP) is 2.42. The number of aryl methyl sites for hydroxylation is 1. The van der Waals surface area contributed by atoms with E-state index in [0.29, 0.717) is 0 Å². The summed E-state index contributed by atoms with van der Waals surface area (Å²) in [5.74, 6) is 0.132. The molecule has 3 N–H and O–H groups in total. The highest BCUT2D eigenvalue weighted by atomic mass is 16.4. The van der Waals surface area contributed by atoms with Gasteiger partial charge in [-0.3, -0.25) is 4.79 Å². The molecule has 2 aromatic rings. The first kappa shape index (κ1) is 10.3. The number of benzene rings is 1. The van der Waals surface area contributed by atoms with E-state index in [1.54, 1.807) is 12.1 Å². The highest BCUT2D eigenvalue weighted by Crippen LogP contribution is 2.13. The molecule has 0 radical (unpaired) electrons. The Morgan fingerprint density at radius 2 is 1.88 bits per heavy atom. The van der Waals surface area contributed by atoms with Crippen molar-refractivity contribution in [2.24, 2.45) is 0 Å². The van der Waals surface area contributed by atoms with Crippen molar-refractivity contribution >= 4 is 17.5 Å². The zero-order valence-electron chi connectivity index (χ0n) is 8.86. The summed E-state index contributed by atoms with van der Waals surface area (Å²) in [7, 11) is 0. The molecule has 0 atom stereocenters. The molecular weight excluding hydrogens is 204 g/mol. The van der Waals surface area contributed by atoms with Crippen LogP contribution in [-0.4, -0.2) is 5.91 Å². The summed E-state index contributed by atoms with van der Waals surface area (Å²) in [6, 6.07) is 10.6. The fraction of sp³-hybridized carbons (Fsp3) is 0.0833. The number of hydrogen-bond acceptors (Lipinski definition) is 3. The van der Waals surface area contributed by atoms with Crippen molar-refractivity contribution in [3.8, 4) is 0 Å². The van der Waals surface area contributed by atoms with Crippen LogP contribution in [0.3, 0.4) is 0 Å². The maximum Gasteiger partial charge on any atom is 0.291 e. The largest absolute Gasteiger partial charge is 0.436 e. The van der Waals surface area contributed by atoms with Crippen LogP contribution in [0.15, 0.2) is 40.8 Å². The maximum absolute atomic E-state index is 11.7. The molecule has 0 aliphatic rings. The summed E-state index contributed by atoms with van der Waals surface area (Å²) in [5, 5.41) is 2.71. The van der Waals surface area contributed by atoms with Gasteiger partial charge in [-0.1, -0.05) is 17.7 Å². The minimum absolute atomic E-state index is 0.207. The second-order valence-electron chi connectivity index (χ2n) is 3.52. The first-order chi connectivity index (χ1) is 7.65. The molecule has 82 valence electrons. The van der Waals surface area contributed by atoms with Crippen LogP contribution in [0.2, 0.25) is 0 Å². The van der Waals surface area contributed by atoms with Gasteiger partial charge >= 0.3 is 0 Å². The van der Waals surface area contributed by atoms with Crippen LogP contribution in [0.4, 0.5) is 11.6 Å². The topological polar surface area (TPSA) is 68.3 Å². The van der Waals surface area contributed by atoms with E-state index < -0.39 is 0 Å². The molecule has 4 heteroatoms. The minimum Gasteiger partial charge on any atom is -0.436 e. The lowest BCUT2D eigenvalue weighted by molar-refractivity contribution is 0.0997. The third-order valence-electron chi connectivity index (χ3n) is 2.16. The number of amides is 1. The second-order valence-corrected chi connectivity index (χ2v) is 3.52. The molecule has 4 nitrogen and oxygen atoms in total. The Hall–Kier alpha value is -2.23. The van der Waals surface area contributed by atoms with E-state index in [9.17, 15) is 4.79 Å². The van der Waals surface area contributed by atoms with E-state index in [1.165, 1.54) is 0 Å². The Kier molecular flexibility index (Phi) is 2.64. The summed E-state index contributed by atoms with van der Waals surface area (Å²) >= 11 is 0. The number of nitrogens with one attached hydrogen (secondary N) is 1. The SMILES string of the molecule is Cc1ccc(NC(=O)c2ccc(N)o2)cc1. The Morgan fingerprint density at radius 3 is 2.44 bits per heavy atom. The van der Waals surface area contributed by atoms with Crippen LogP contribution in [0, 0.1) is 6.92 Å². The fourth-order valence-corrected chi connectivity index (χ4v) is 1.30. The summed E-state index contributed by atoms with van der Waals surface area (Å²) in [5.41, 5.74) is 7.25. The summed E-state index contributed by atoms with van der Waals surface area (Å²) < 4.78 is 5.01. The van der Waals surface area contributed by atoms with E-state index in [4.69, 9.17) is 10.2 Å². The highest BCUT2D eigenvalue weighted by molar-refractivity contribution is 6.02. The van der Waals surface area contributed by atoms with E-state index >= 15 is 0 Å². The molecule has 0 bridgehead atoms. The first-order valence-electron chi connectivity index (χ1n) is 4.88. The molecule has 0 spiro atoms. The van der Waals surface area contributed by atoms with Gasteiger partial charge in [-0.2, -0.15) is 0 Å². The van der Waals surface area contributed by atoms with E-state index in [-0.39, 0.29) is 17.6 Å². The molecule has 0 saturated carbocycles. The number of hydrogen-bond donors (Lipinski definition) is 2. The molecule has 0 unspecified atom stereocenters. The van der Waals surface area contributed by atoms with Crippen molar-refractivity contribution in [3.05, 3.63) is 47.7 Å². The smallest absolute Gasteiger partial charge is 0.291 e. The third-order valence-corrected chi connectivity index (χ3v) is 2.16. The normalized spacial score (nSPS) is 10.1. The van der Waals surface area contributed by atoms with Gasteiger partial charge in [0.1, 0.15) is 0 Å². The van der Waals surface area contributed by atoms with Gasteiger partial charge in [0.2, 0.25) is 0 Å². The summed E-state index contributed by atoms with van der Waals surface area (Å²) in [4.78, 5) is 11.7. The van der Waals surface area contributed by atoms with Gasteiger partial charge in [-0.05, 0) is 25.1 Å². The molecule has 1 aromatic carbocycles. The van der Waals surface area contributed by atoms with Gasteiger partial charge in [0.15, 0.2) is 11.6 Å². The lowest BCUT2D eigenvalue weighted by atomic mass is 10.2. The van der Waals surface area contributed by atoms with Gasteiger partial charge in [0.05, 0.1) is 0 Å². The molecule has 0 saturated heterocycles. The van der Waals surface area contributed by atoms with Crippen LogP contribution in [-0.2, 0) is 0 Å². The molecule has 1 heterocycles. The van der Waals surface area contributed by atoms with Gasteiger partial charge in [0, 0.05) is 11.8 Å². The minimum atomic E-state index is -0.305. The Bertz CT molecular complexity index is 500. The average Bonchev–Trinajstić information content (AvgIpc) is 2.68. The molecular formula is C12H12N2O2. The number of nitrogen functional groups attached to an aromatic ring is 1. The van der Waals surface area contributed by atoms with E-state index in [0.717, 1.165) is 11.3 Å². The molecule has 0 fully saturated rings.